The molecule has 1 heterocycles. The molecule has 0 aromatic heterocycles. The van der Waals surface area contributed by atoms with Crippen LogP contribution in [0.4, 0.5) is 0 Å². The van der Waals surface area contributed by atoms with Gasteiger partial charge in [-0.05, 0) is 18.2 Å². The van der Waals surface area contributed by atoms with Gasteiger partial charge in [0.05, 0.1) is 35.8 Å². The average Bonchev–Trinajstić information content (AvgIpc) is 2.25. The molecular formula is C12H12Cl2N2O3. The van der Waals surface area contributed by atoms with Crippen molar-refractivity contribution in [1.29, 1.82) is 0 Å². The van der Waals surface area contributed by atoms with Gasteiger partial charge in [-0.15, -0.1) is 0 Å². The second kappa shape index (κ2) is 5.36. The summed E-state index contributed by atoms with van der Waals surface area (Å²) in [6, 6.07) is 4.58. The maximum atomic E-state index is 12.1. The Hall–Kier alpha value is -1.30. The molecule has 1 saturated heterocycles. The predicted molar refractivity (Wildman–Crippen MR) is 71.3 cm³/mol. The van der Waals surface area contributed by atoms with Crippen molar-refractivity contribution in [3.8, 4) is 0 Å². The first-order valence-corrected chi connectivity index (χ1v) is 6.31. The molecule has 0 bridgehead atoms. The van der Waals surface area contributed by atoms with Crippen LogP contribution in [0.5, 0.6) is 0 Å². The van der Waals surface area contributed by atoms with Gasteiger partial charge in [-0.2, -0.15) is 0 Å². The summed E-state index contributed by atoms with van der Waals surface area (Å²) in [5.41, 5.74) is 4.73. The van der Waals surface area contributed by atoms with Crippen LogP contribution >= 0.6 is 23.2 Å². The van der Waals surface area contributed by atoms with Crippen LogP contribution < -0.4 is 11.1 Å². The van der Waals surface area contributed by atoms with Crippen molar-refractivity contribution in [2.45, 2.75) is 12.0 Å². The van der Waals surface area contributed by atoms with Crippen molar-refractivity contribution in [1.82, 2.24) is 5.32 Å². The van der Waals surface area contributed by atoms with Crippen LogP contribution in [0, 0.1) is 0 Å². The third-order valence-electron chi connectivity index (χ3n) is 2.82. The SMILES string of the molecule is NC(=O)CC1(NC(=O)c2ccc(Cl)cc2Cl)COC1. The van der Waals surface area contributed by atoms with E-state index in [0.29, 0.717) is 10.6 Å². The summed E-state index contributed by atoms with van der Waals surface area (Å²) in [5, 5.41) is 3.44. The second-order valence-electron chi connectivity index (χ2n) is 4.49. The predicted octanol–water partition coefficient (Wildman–Crippen LogP) is 1.37. The van der Waals surface area contributed by atoms with Crippen LogP contribution in [0.25, 0.3) is 0 Å². The number of ether oxygens (including phenoxy) is 1. The maximum absolute atomic E-state index is 12.1. The number of hydrogen-bond donors (Lipinski definition) is 2. The Balaban J connectivity index is 2.13. The maximum Gasteiger partial charge on any atom is 0.253 e. The van der Waals surface area contributed by atoms with Gasteiger partial charge in [-0.3, -0.25) is 9.59 Å². The van der Waals surface area contributed by atoms with Crippen molar-refractivity contribution in [3.63, 3.8) is 0 Å². The first kappa shape index (κ1) is 14.1. The van der Waals surface area contributed by atoms with Gasteiger partial charge >= 0.3 is 0 Å². The zero-order valence-corrected chi connectivity index (χ0v) is 11.4. The van der Waals surface area contributed by atoms with E-state index in [1.165, 1.54) is 12.1 Å². The Bertz CT molecular complexity index is 530. The van der Waals surface area contributed by atoms with Gasteiger partial charge in [-0.1, -0.05) is 23.2 Å². The summed E-state index contributed by atoms with van der Waals surface area (Å²) in [5.74, 6) is -0.878. The van der Waals surface area contributed by atoms with E-state index in [1.807, 2.05) is 0 Å². The minimum Gasteiger partial charge on any atom is -0.376 e. The number of halogens is 2. The van der Waals surface area contributed by atoms with Gasteiger partial charge in [0.15, 0.2) is 0 Å². The zero-order valence-electron chi connectivity index (χ0n) is 9.91. The molecule has 0 radical (unpaired) electrons. The molecule has 7 heteroatoms. The standard InChI is InChI=1S/C12H12Cl2N2O3/c13-7-1-2-8(9(14)3-7)11(18)16-12(4-10(15)17)5-19-6-12/h1-3H,4-6H2,(H2,15,17)(H,16,18). The summed E-state index contributed by atoms with van der Waals surface area (Å²) >= 11 is 11.7. The smallest absolute Gasteiger partial charge is 0.253 e. The molecule has 0 saturated carbocycles. The fourth-order valence-electron chi connectivity index (χ4n) is 1.88. The van der Waals surface area contributed by atoms with E-state index in [-0.39, 0.29) is 30.6 Å². The number of nitrogens with two attached hydrogens (primary N) is 1. The first-order chi connectivity index (χ1) is 8.92. The van der Waals surface area contributed by atoms with Gasteiger partial charge in [-0.25, -0.2) is 0 Å². The van der Waals surface area contributed by atoms with E-state index in [1.54, 1.807) is 6.07 Å². The molecule has 1 aliphatic heterocycles. The van der Waals surface area contributed by atoms with Gasteiger partial charge in [0.1, 0.15) is 0 Å². The topological polar surface area (TPSA) is 81.4 Å². The molecule has 102 valence electrons. The summed E-state index contributed by atoms with van der Waals surface area (Å²) in [4.78, 5) is 23.1. The molecule has 1 aromatic rings. The molecule has 0 spiro atoms. The Morgan fingerprint density at radius 1 is 1.37 bits per heavy atom. The van der Waals surface area contributed by atoms with Crippen LogP contribution in [0.3, 0.4) is 0 Å². The van der Waals surface area contributed by atoms with Crippen molar-refractivity contribution >= 4 is 35.0 Å². The van der Waals surface area contributed by atoms with E-state index in [2.05, 4.69) is 5.32 Å². The highest BCUT2D eigenvalue weighted by atomic mass is 35.5. The Morgan fingerprint density at radius 3 is 2.53 bits per heavy atom. The average molecular weight is 303 g/mol. The zero-order chi connectivity index (χ0) is 14.0. The van der Waals surface area contributed by atoms with Gasteiger partial charge in [0, 0.05) is 5.02 Å². The number of benzene rings is 1. The lowest BCUT2D eigenvalue weighted by molar-refractivity contribution is -0.127. The highest BCUT2D eigenvalue weighted by Crippen LogP contribution is 2.25. The largest absolute Gasteiger partial charge is 0.376 e. The van der Waals surface area contributed by atoms with Crippen LogP contribution in [-0.4, -0.2) is 30.6 Å². The van der Waals surface area contributed by atoms with E-state index in [0.717, 1.165) is 0 Å². The van der Waals surface area contributed by atoms with Crippen molar-refractivity contribution in [2.75, 3.05) is 13.2 Å². The molecule has 19 heavy (non-hydrogen) atoms. The summed E-state index contributed by atoms with van der Waals surface area (Å²) in [6.45, 7) is 0.514. The van der Waals surface area contributed by atoms with Gasteiger partial charge in [0.2, 0.25) is 5.91 Å². The Labute approximate surface area is 120 Å². The molecule has 3 N–H and O–H groups in total. The molecule has 1 aromatic carbocycles. The number of primary amides is 1. The second-order valence-corrected chi connectivity index (χ2v) is 5.34. The third-order valence-corrected chi connectivity index (χ3v) is 3.37. The Morgan fingerprint density at radius 2 is 2.05 bits per heavy atom. The molecular weight excluding hydrogens is 291 g/mol. The number of hydrogen-bond acceptors (Lipinski definition) is 3. The van der Waals surface area contributed by atoms with Crippen LogP contribution in [0.15, 0.2) is 18.2 Å². The number of rotatable bonds is 4. The van der Waals surface area contributed by atoms with Crippen molar-refractivity contribution < 1.29 is 14.3 Å². The summed E-state index contributed by atoms with van der Waals surface area (Å²) < 4.78 is 5.05. The summed E-state index contributed by atoms with van der Waals surface area (Å²) in [7, 11) is 0. The minimum absolute atomic E-state index is 0.0317. The molecule has 0 unspecified atom stereocenters. The van der Waals surface area contributed by atoms with Crippen LogP contribution in [-0.2, 0) is 9.53 Å². The fourth-order valence-corrected chi connectivity index (χ4v) is 2.38. The minimum atomic E-state index is -0.730. The molecule has 1 fully saturated rings. The van der Waals surface area contributed by atoms with Crippen LogP contribution in [0.2, 0.25) is 10.0 Å². The fraction of sp³-hybridized carbons (Fsp3) is 0.333. The van der Waals surface area contributed by atoms with E-state index >= 15 is 0 Å². The van der Waals surface area contributed by atoms with Gasteiger partial charge in [0.25, 0.3) is 5.91 Å². The van der Waals surface area contributed by atoms with Crippen LogP contribution in [0.1, 0.15) is 16.8 Å². The number of carbonyl (C=O) groups is 2. The normalized spacial score (nSPS) is 16.5. The number of nitrogens with one attached hydrogen (secondary N) is 1. The van der Waals surface area contributed by atoms with E-state index in [4.69, 9.17) is 33.7 Å². The van der Waals surface area contributed by atoms with E-state index < -0.39 is 11.4 Å². The lowest BCUT2D eigenvalue weighted by atomic mass is 9.92. The molecule has 1 aliphatic rings. The first-order valence-electron chi connectivity index (χ1n) is 5.55. The quantitative estimate of drug-likeness (QED) is 0.881. The van der Waals surface area contributed by atoms with Crippen molar-refractivity contribution in [2.24, 2.45) is 5.73 Å². The molecule has 5 nitrogen and oxygen atoms in total. The number of carbonyl (C=O) groups excluding carboxylic acids is 2. The van der Waals surface area contributed by atoms with Crippen molar-refractivity contribution in [3.05, 3.63) is 33.8 Å². The van der Waals surface area contributed by atoms with E-state index in [9.17, 15) is 9.59 Å². The number of amides is 2. The monoisotopic (exact) mass is 302 g/mol. The highest BCUT2D eigenvalue weighted by molar-refractivity contribution is 6.36. The van der Waals surface area contributed by atoms with Gasteiger partial charge < -0.3 is 15.8 Å². The third kappa shape index (κ3) is 3.18. The lowest BCUT2D eigenvalue weighted by Crippen LogP contribution is -2.63. The highest BCUT2D eigenvalue weighted by Gasteiger charge is 2.41. The molecule has 0 atom stereocenters. The molecule has 0 aliphatic carbocycles. The summed E-state index contributed by atoms with van der Waals surface area (Å²) in [6.07, 6.45) is 0.0317. The molecule has 2 amide bonds. The molecule has 2 rings (SSSR count). The Kier molecular flexibility index (Phi) is 3.99. The lowest BCUT2D eigenvalue weighted by Gasteiger charge is -2.41.